The van der Waals surface area contributed by atoms with Crippen molar-refractivity contribution in [1.29, 1.82) is 0 Å². The Labute approximate surface area is 203 Å². The lowest BCUT2D eigenvalue weighted by Gasteiger charge is -2.22. The Hall–Kier alpha value is -3.99. The molecule has 0 aliphatic carbocycles. The normalized spacial score (nSPS) is 18.0. The number of hydrogen-bond donors (Lipinski definition) is 3. The van der Waals surface area contributed by atoms with Gasteiger partial charge in [-0.25, -0.2) is 18.7 Å². The van der Waals surface area contributed by atoms with Crippen molar-refractivity contribution in [2.24, 2.45) is 0 Å². The lowest BCUT2D eigenvalue weighted by molar-refractivity contribution is 0.0932. The first-order chi connectivity index (χ1) is 16.7. The molecule has 0 fully saturated rings. The zero-order chi connectivity index (χ0) is 24.9. The molecule has 5 rings (SSSR count). The highest BCUT2D eigenvalue weighted by atomic mass is 35.5. The van der Waals surface area contributed by atoms with Crippen LogP contribution in [0, 0.1) is 11.6 Å². The lowest BCUT2D eigenvalue weighted by Crippen LogP contribution is -2.34. The molecule has 9 nitrogen and oxygen atoms in total. The number of carbonyl (C=O) groups excluding carboxylic acids is 1. The molecule has 35 heavy (non-hydrogen) atoms. The summed E-state index contributed by atoms with van der Waals surface area (Å²) in [6.07, 6.45) is 1.90. The number of pyridine rings is 1. The summed E-state index contributed by atoms with van der Waals surface area (Å²) in [5.41, 5.74) is 7.49. The average molecular weight is 500 g/mol. The molecule has 1 amide bonds. The number of amides is 1. The molecule has 3 aromatic heterocycles. The molecule has 0 radical (unpaired) electrons. The maximum absolute atomic E-state index is 15.0. The summed E-state index contributed by atoms with van der Waals surface area (Å²) in [5.74, 6) is -1.25. The zero-order valence-electron chi connectivity index (χ0n) is 18.6. The van der Waals surface area contributed by atoms with Crippen LogP contribution >= 0.6 is 11.6 Å². The van der Waals surface area contributed by atoms with Crippen LogP contribution in [0.2, 0.25) is 5.02 Å². The van der Waals surface area contributed by atoms with E-state index in [9.17, 15) is 13.6 Å². The molecule has 1 aliphatic rings. The number of nitrogens with two attached hydrogens (primary N) is 1. The lowest BCUT2D eigenvalue weighted by atomic mass is 10.0. The highest BCUT2D eigenvalue weighted by Gasteiger charge is 2.26. The quantitative estimate of drug-likeness (QED) is 0.362. The molecule has 4 heterocycles. The van der Waals surface area contributed by atoms with Crippen molar-refractivity contribution in [3.63, 3.8) is 0 Å². The van der Waals surface area contributed by atoms with E-state index < -0.39 is 29.7 Å². The Morgan fingerprint density at radius 2 is 2.00 bits per heavy atom. The third kappa shape index (κ3) is 4.08. The molecule has 0 saturated heterocycles. The molecule has 0 spiro atoms. The van der Waals surface area contributed by atoms with Crippen LogP contribution in [0.5, 0.6) is 5.88 Å². The van der Waals surface area contributed by atoms with Gasteiger partial charge in [-0.2, -0.15) is 9.61 Å². The topological polar surface area (TPSA) is 119 Å². The number of carbonyl (C=O) groups is 1. The molecule has 2 unspecified atom stereocenters. The molecule has 180 valence electrons. The van der Waals surface area contributed by atoms with Crippen molar-refractivity contribution in [1.82, 2.24) is 24.9 Å². The van der Waals surface area contributed by atoms with E-state index >= 15 is 0 Å². The van der Waals surface area contributed by atoms with Crippen molar-refractivity contribution >= 4 is 34.8 Å². The summed E-state index contributed by atoms with van der Waals surface area (Å²) < 4.78 is 36.3. The van der Waals surface area contributed by atoms with Crippen LogP contribution in [-0.4, -0.2) is 38.1 Å². The summed E-state index contributed by atoms with van der Waals surface area (Å²) in [5, 5.41) is 10.3. The van der Waals surface area contributed by atoms with Crippen LogP contribution in [-0.2, 0) is 0 Å². The third-order valence-electron chi connectivity index (χ3n) is 5.66. The molecule has 2 bridgehead atoms. The number of nitrogens with zero attached hydrogens (tertiary/aromatic N) is 4. The number of nitrogens with one attached hydrogen (secondary N) is 2. The zero-order valence-corrected chi connectivity index (χ0v) is 19.4. The van der Waals surface area contributed by atoms with Crippen molar-refractivity contribution in [2.45, 2.75) is 26.0 Å². The van der Waals surface area contributed by atoms with Gasteiger partial charge >= 0.3 is 0 Å². The van der Waals surface area contributed by atoms with Crippen molar-refractivity contribution < 1.29 is 18.3 Å². The SMILES string of the molecule is CC1CNC(=O)c2cnn3c(N)c(-c4ccc(Cl)cc4F)c(nc23)NC(C)c2cc(F)cnc2O1. The second-order valence-electron chi connectivity index (χ2n) is 8.19. The summed E-state index contributed by atoms with van der Waals surface area (Å²) in [7, 11) is 0. The van der Waals surface area contributed by atoms with Gasteiger partial charge in [0.25, 0.3) is 5.91 Å². The van der Waals surface area contributed by atoms with Gasteiger partial charge in [-0.05, 0) is 38.1 Å². The fourth-order valence-corrected chi connectivity index (χ4v) is 4.09. The van der Waals surface area contributed by atoms with Gasteiger partial charge < -0.3 is 21.1 Å². The smallest absolute Gasteiger partial charge is 0.256 e. The number of nitrogen functional groups attached to an aromatic ring is 1. The number of halogens is 3. The molecule has 12 heteroatoms. The van der Waals surface area contributed by atoms with Crippen LogP contribution in [0.4, 0.5) is 20.4 Å². The molecule has 4 aromatic rings. The van der Waals surface area contributed by atoms with Crippen molar-refractivity contribution in [3.8, 4) is 17.0 Å². The first kappa shape index (κ1) is 22.8. The van der Waals surface area contributed by atoms with Gasteiger partial charge in [0.1, 0.15) is 34.9 Å². The van der Waals surface area contributed by atoms with Crippen molar-refractivity contribution in [2.75, 3.05) is 17.6 Å². The molecule has 1 aromatic carbocycles. The van der Waals surface area contributed by atoms with E-state index in [1.54, 1.807) is 13.8 Å². The number of rotatable bonds is 1. The molecule has 1 aliphatic heterocycles. The number of benzene rings is 1. The van der Waals surface area contributed by atoms with E-state index in [4.69, 9.17) is 22.1 Å². The Morgan fingerprint density at radius 1 is 1.20 bits per heavy atom. The average Bonchev–Trinajstić information content (AvgIpc) is 3.23. The number of aromatic nitrogens is 4. The first-order valence-corrected chi connectivity index (χ1v) is 11.1. The van der Waals surface area contributed by atoms with E-state index in [0.717, 1.165) is 12.3 Å². The predicted molar refractivity (Wildman–Crippen MR) is 126 cm³/mol. The maximum atomic E-state index is 15.0. The summed E-state index contributed by atoms with van der Waals surface area (Å²) in [6.45, 7) is 3.64. The molecular weight excluding hydrogens is 480 g/mol. The highest BCUT2D eigenvalue weighted by Crippen LogP contribution is 2.38. The van der Waals surface area contributed by atoms with Crippen LogP contribution < -0.4 is 21.1 Å². The minimum atomic E-state index is -0.630. The van der Waals surface area contributed by atoms with Gasteiger partial charge in [0, 0.05) is 16.1 Å². The second kappa shape index (κ2) is 8.66. The monoisotopic (exact) mass is 499 g/mol. The standard InChI is InChI=1S/C23H20ClF2N7O2/c1-10-7-28-22(34)16-9-30-33-19(27)18(14-4-3-12(24)5-17(14)26)20(32-21(16)33)31-11(2)15-6-13(25)8-29-23(15)35-10/h3-6,8-11H,7,27H2,1-2H3,(H,28,34)(H,31,32). The fourth-order valence-electron chi connectivity index (χ4n) is 3.94. The largest absolute Gasteiger partial charge is 0.473 e. The molecule has 0 saturated carbocycles. The van der Waals surface area contributed by atoms with E-state index in [2.05, 4.69) is 25.7 Å². The summed E-state index contributed by atoms with van der Waals surface area (Å²) in [4.78, 5) is 21.6. The Balaban J connectivity index is 1.77. The molecule has 4 N–H and O–H groups in total. The van der Waals surface area contributed by atoms with Crippen LogP contribution in [0.3, 0.4) is 0 Å². The minimum Gasteiger partial charge on any atom is -0.473 e. The summed E-state index contributed by atoms with van der Waals surface area (Å²) >= 11 is 5.94. The maximum Gasteiger partial charge on any atom is 0.256 e. The number of ether oxygens (including phenoxy) is 1. The summed E-state index contributed by atoms with van der Waals surface area (Å²) in [6, 6.07) is 4.84. The minimum absolute atomic E-state index is 0.0436. The van der Waals surface area contributed by atoms with Crippen molar-refractivity contribution in [3.05, 3.63) is 64.4 Å². The van der Waals surface area contributed by atoms with E-state index in [0.29, 0.717) is 5.56 Å². The van der Waals surface area contributed by atoms with Gasteiger partial charge in [0.05, 0.1) is 30.5 Å². The Morgan fingerprint density at radius 3 is 2.77 bits per heavy atom. The van der Waals surface area contributed by atoms with Gasteiger partial charge in [0.15, 0.2) is 5.65 Å². The van der Waals surface area contributed by atoms with Crippen LogP contribution in [0.1, 0.15) is 35.8 Å². The third-order valence-corrected chi connectivity index (χ3v) is 5.89. The Bertz CT molecular complexity index is 1480. The molecular formula is C23H20ClF2N7O2. The van der Waals surface area contributed by atoms with Crippen LogP contribution in [0.25, 0.3) is 16.8 Å². The second-order valence-corrected chi connectivity index (χ2v) is 8.63. The highest BCUT2D eigenvalue weighted by molar-refractivity contribution is 6.30. The van der Waals surface area contributed by atoms with Gasteiger partial charge in [-0.1, -0.05) is 11.6 Å². The predicted octanol–water partition coefficient (Wildman–Crippen LogP) is 3.99. The number of fused-ring (bicyclic) bond motifs is 2. The van der Waals surface area contributed by atoms with E-state index in [-0.39, 0.29) is 51.4 Å². The van der Waals surface area contributed by atoms with E-state index in [1.807, 2.05) is 0 Å². The van der Waals surface area contributed by atoms with Gasteiger partial charge in [-0.3, -0.25) is 4.79 Å². The number of hydrogen-bond acceptors (Lipinski definition) is 7. The first-order valence-electron chi connectivity index (χ1n) is 10.7. The van der Waals surface area contributed by atoms with Gasteiger partial charge in [0.2, 0.25) is 5.88 Å². The molecule has 2 atom stereocenters. The van der Waals surface area contributed by atoms with Gasteiger partial charge in [-0.15, -0.1) is 0 Å². The number of anilines is 2. The Kier molecular flexibility index (Phi) is 5.64. The fraction of sp³-hybridized carbons (Fsp3) is 0.217. The van der Waals surface area contributed by atoms with Crippen LogP contribution in [0.15, 0.2) is 36.7 Å². The van der Waals surface area contributed by atoms with E-state index in [1.165, 1.54) is 28.9 Å².